The van der Waals surface area contributed by atoms with E-state index in [0.717, 1.165) is 101 Å². The minimum Gasteiger partial charge on any atom is -0.310 e. The van der Waals surface area contributed by atoms with Gasteiger partial charge in [-0.15, -0.1) is 0 Å². The first-order valence-corrected chi connectivity index (χ1v) is 21.6. The second kappa shape index (κ2) is 17.0. The minimum atomic E-state index is 0.840. The zero-order valence-electron chi connectivity index (χ0n) is 35.0. The van der Waals surface area contributed by atoms with Crippen LogP contribution in [0.25, 0.3) is 83.7 Å². The molecule has 0 amide bonds. The number of anilines is 3. The normalized spacial score (nSPS) is 11.1. The average Bonchev–Trinajstić information content (AvgIpc) is 3.73. The average molecular weight is 819 g/mol. The van der Waals surface area contributed by atoms with E-state index in [1.807, 2.05) is 12.4 Å². The maximum Gasteiger partial charge on any atom is 0.138 e. The van der Waals surface area contributed by atoms with Gasteiger partial charge in [-0.2, -0.15) is 0 Å². The SMILES string of the molecule is c1ccc(-c2ccnc(-c3cccc(N(c4ccc5c(-c6ccccc6)c(-c6ccccc6)n(-c6cc(-c7ccccc7)ccn6)c5c4)c4ccccc4-c4ccccc4)c3)c2)cc1. The third-order valence-electron chi connectivity index (χ3n) is 11.9. The third kappa shape index (κ3) is 7.33. The fraction of sp³-hybridized carbons (Fsp3) is 0. The highest BCUT2D eigenvalue weighted by atomic mass is 15.2. The van der Waals surface area contributed by atoms with Crippen molar-refractivity contribution in [3.8, 4) is 72.8 Å². The zero-order chi connectivity index (χ0) is 42.7. The number of pyridine rings is 2. The van der Waals surface area contributed by atoms with Crippen LogP contribution in [0.15, 0.2) is 255 Å². The molecule has 0 aliphatic heterocycles. The second-order valence-corrected chi connectivity index (χ2v) is 15.8. The summed E-state index contributed by atoms with van der Waals surface area (Å²) in [7, 11) is 0. The number of nitrogens with zero attached hydrogens (tertiary/aromatic N) is 4. The van der Waals surface area contributed by atoms with Crippen LogP contribution >= 0.6 is 0 Å². The number of benzene rings is 8. The fourth-order valence-electron chi connectivity index (χ4n) is 8.93. The van der Waals surface area contributed by atoms with Crippen LogP contribution in [-0.2, 0) is 0 Å². The largest absolute Gasteiger partial charge is 0.310 e. The lowest BCUT2D eigenvalue weighted by Crippen LogP contribution is -2.11. The first-order valence-electron chi connectivity index (χ1n) is 21.6. The van der Waals surface area contributed by atoms with Crippen LogP contribution in [0.2, 0.25) is 0 Å². The number of hydrogen-bond donors (Lipinski definition) is 0. The Morgan fingerprint density at radius 3 is 1.55 bits per heavy atom. The molecular weight excluding hydrogens is 777 g/mol. The van der Waals surface area contributed by atoms with Gasteiger partial charge in [-0.1, -0.05) is 188 Å². The quantitative estimate of drug-likeness (QED) is 0.138. The second-order valence-electron chi connectivity index (χ2n) is 15.8. The van der Waals surface area contributed by atoms with Gasteiger partial charge in [0.1, 0.15) is 5.82 Å². The lowest BCUT2D eigenvalue weighted by Gasteiger charge is -2.28. The van der Waals surface area contributed by atoms with Crippen LogP contribution < -0.4 is 4.90 Å². The van der Waals surface area contributed by atoms with E-state index in [-0.39, 0.29) is 0 Å². The van der Waals surface area contributed by atoms with Gasteiger partial charge in [0.15, 0.2) is 0 Å². The van der Waals surface area contributed by atoms with Crippen LogP contribution in [0.5, 0.6) is 0 Å². The topological polar surface area (TPSA) is 34.0 Å². The molecule has 0 N–H and O–H groups in total. The van der Waals surface area contributed by atoms with Crippen molar-refractivity contribution in [3.63, 3.8) is 0 Å². The molecule has 8 aromatic carbocycles. The molecule has 0 spiro atoms. The Morgan fingerprint density at radius 2 is 0.875 bits per heavy atom. The van der Waals surface area contributed by atoms with Crippen LogP contribution in [0.3, 0.4) is 0 Å². The molecule has 0 radical (unpaired) electrons. The van der Waals surface area contributed by atoms with Crippen LogP contribution in [0, 0.1) is 0 Å². The standard InChI is InChI=1S/C60H42N4/c1-6-19-43(20-7-1)48-35-37-61-55(40-48)50-29-18-30-51(39-50)63(56-32-17-16-31-53(56)45-23-10-3-11-24-45)52-33-34-54-57(42-52)64(58-41-49(36-38-62-58)44-21-8-2-9-22-44)60(47-27-14-5-15-28-47)59(54)46-25-12-4-13-26-46/h1-42H. The van der Waals surface area contributed by atoms with E-state index in [2.05, 4.69) is 252 Å². The molecule has 0 unspecified atom stereocenters. The van der Waals surface area contributed by atoms with Crippen molar-refractivity contribution in [3.05, 3.63) is 255 Å². The Kier molecular flexibility index (Phi) is 10.2. The summed E-state index contributed by atoms with van der Waals surface area (Å²) in [5, 5.41) is 1.13. The van der Waals surface area contributed by atoms with E-state index in [9.17, 15) is 0 Å². The van der Waals surface area contributed by atoms with Gasteiger partial charge >= 0.3 is 0 Å². The molecule has 11 aromatic rings. The summed E-state index contributed by atoms with van der Waals surface area (Å²) in [4.78, 5) is 12.4. The zero-order valence-corrected chi connectivity index (χ0v) is 35.0. The highest BCUT2D eigenvalue weighted by Crippen LogP contribution is 2.47. The van der Waals surface area contributed by atoms with Crippen molar-refractivity contribution in [2.24, 2.45) is 0 Å². The predicted molar refractivity (Wildman–Crippen MR) is 266 cm³/mol. The van der Waals surface area contributed by atoms with Gasteiger partial charge in [-0.05, 0) is 93.5 Å². The number of para-hydroxylation sites is 1. The highest BCUT2D eigenvalue weighted by Gasteiger charge is 2.25. The molecular formula is C60H42N4. The molecule has 0 atom stereocenters. The van der Waals surface area contributed by atoms with Crippen molar-refractivity contribution >= 4 is 28.0 Å². The van der Waals surface area contributed by atoms with Crippen molar-refractivity contribution in [1.29, 1.82) is 0 Å². The molecule has 0 fully saturated rings. The summed E-state index contributed by atoms with van der Waals surface area (Å²) in [5.41, 5.74) is 17.3. The maximum absolute atomic E-state index is 5.14. The molecule has 4 heteroatoms. The molecule has 11 rings (SSSR count). The van der Waals surface area contributed by atoms with Gasteiger partial charge in [0, 0.05) is 45.8 Å². The number of hydrogen-bond acceptors (Lipinski definition) is 3. The Bertz CT molecular complexity index is 3360. The molecule has 3 heterocycles. The molecule has 0 bridgehead atoms. The maximum atomic E-state index is 5.14. The van der Waals surface area contributed by atoms with Crippen molar-refractivity contribution in [2.45, 2.75) is 0 Å². The molecule has 302 valence electrons. The van der Waals surface area contributed by atoms with Gasteiger partial charge in [0.2, 0.25) is 0 Å². The minimum absolute atomic E-state index is 0.840. The lowest BCUT2D eigenvalue weighted by atomic mass is 9.98. The summed E-state index contributed by atoms with van der Waals surface area (Å²) in [6.07, 6.45) is 3.84. The molecule has 64 heavy (non-hydrogen) atoms. The first-order chi connectivity index (χ1) is 31.8. The van der Waals surface area contributed by atoms with Gasteiger partial charge in [0.05, 0.1) is 22.6 Å². The molecule has 0 saturated heterocycles. The van der Waals surface area contributed by atoms with Gasteiger partial charge in [-0.3, -0.25) is 9.55 Å². The summed E-state index contributed by atoms with van der Waals surface area (Å²) in [6.45, 7) is 0. The molecule has 0 aliphatic carbocycles. The fourth-order valence-corrected chi connectivity index (χ4v) is 8.93. The van der Waals surface area contributed by atoms with E-state index in [1.165, 1.54) is 0 Å². The first kappa shape index (κ1) is 38.3. The monoisotopic (exact) mass is 818 g/mol. The van der Waals surface area contributed by atoms with Gasteiger partial charge < -0.3 is 4.90 Å². The number of rotatable bonds is 10. The Hall–Kier alpha value is -8.60. The molecule has 0 aliphatic rings. The van der Waals surface area contributed by atoms with E-state index < -0.39 is 0 Å². The van der Waals surface area contributed by atoms with Crippen molar-refractivity contribution < 1.29 is 0 Å². The Morgan fingerprint density at radius 1 is 0.344 bits per heavy atom. The highest BCUT2D eigenvalue weighted by molar-refractivity contribution is 6.07. The third-order valence-corrected chi connectivity index (χ3v) is 11.9. The van der Waals surface area contributed by atoms with E-state index in [4.69, 9.17) is 9.97 Å². The number of aromatic nitrogens is 3. The molecule has 4 nitrogen and oxygen atoms in total. The molecule has 3 aromatic heterocycles. The predicted octanol–water partition coefficient (Wildman–Crippen LogP) is 15.9. The van der Waals surface area contributed by atoms with E-state index in [1.54, 1.807) is 0 Å². The smallest absolute Gasteiger partial charge is 0.138 e. The van der Waals surface area contributed by atoms with Crippen LogP contribution in [0.1, 0.15) is 0 Å². The van der Waals surface area contributed by atoms with Gasteiger partial charge in [-0.25, -0.2) is 4.98 Å². The lowest BCUT2D eigenvalue weighted by molar-refractivity contribution is 1.05. The summed E-state index contributed by atoms with van der Waals surface area (Å²) < 4.78 is 2.36. The van der Waals surface area contributed by atoms with Crippen molar-refractivity contribution in [1.82, 2.24) is 14.5 Å². The Labute approximate surface area is 373 Å². The van der Waals surface area contributed by atoms with E-state index in [0.29, 0.717) is 0 Å². The summed E-state index contributed by atoms with van der Waals surface area (Å²) in [6, 6.07) is 86.1. The molecule has 0 saturated carbocycles. The van der Waals surface area contributed by atoms with Crippen LogP contribution in [-0.4, -0.2) is 14.5 Å². The number of fused-ring (bicyclic) bond motifs is 1. The Balaban J connectivity index is 1.18. The summed E-state index contributed by atoms with van der Waals surface area (Å²) >= 11 is 0. The van der Waals surface area contributed by atoms with E-state index >= 15 is 0 Å². The summed E-state index contributed by atoms with van der Waals surface area (Å²) in [5.74, 6) is 0.840. The van der Waals surface area contributed by atoms with Gasteiger partial charge in [0.25, 0.3) is 0 Å². The van der Waals surface area contributed by atoms with Crippen LogP contribution in [0.4, 0.5) is 17.1 Å². The van der Waals surface area contributed by atoms with Crippen molar-refractivity contribution in [2.75, 3.05) is 4.90 Å².